The van der Waals surface area contributed by atoms with E-state index in [1.54, 1.807) is 24.3 Å². The molecule has 0 unspecified atom stereocenters. The molecule has 5 heteroatoms. The minimum absolute atomic E-state index is 0.0790. The average molecular weight is 271 g/mol. The molecule has 0 fully saturated rings. The van der Waals surface area contributed by atoms with Gasteiger partial charge in [-0.15, -0.1) is 0 Å². The van der Waals surface area contributed by atoms with Crippen molar-refractivity contribution in [2.45, 2.75) is 13.3 Å². The Morgan fingerprint density at radius 1 is 1.20 bits per heavy atom. The van der Waals surface area contributed by atoms with Gasteiger partial charge in [-0.3, -0.25) is 9.59 Å². The Hall–Kier alpha value is -2.56. The highest BCUT2D eigenvalue weighted by Gasteiger charge is 2.16. The van der Waals surface area contributed by atoms with Crippen LogP contribution in [0.3, 0.4) is 0 Å². The van der Waals surface area contributed by atoms with Crippen molar-refractivity contribution in [2.75, 3.05) is 6.54 Å². The number of benzene rings is 1. The Kier molecular flexibility index (Phi) is 3.02. The van der Waals surface area contributed by atoms with Crippen molar-refractivity contribution < 1.29 is 13.6 Å². The lowest BCUT2D eigenvalue weighted by molar-refractivity contribution is 0.0926. The van der Waals surface area contributed by atoms with E-state index in [-0.39, 0.29) is 28.3 Å². The number of para-hydroxylation sites is 1. The molecular formula is C15H13NO4. The number of carbonyl (C=O) groups excluding carboxylic acids is 1. The van der Waals surface area contributed by atoms with Gasteiger partial charge in [0, 0.05) is 12.6 Å². The van der Waals surface area contributed by atoms with Gasteiger partial charge < -0.3 is 14.2 Å². The summed E-state index contributed by atoms with van der Waals surface area (Å²) in [7, 11) is 0. The second kappa shape index (κ2) is 4.85. The third-order valence-corrected chi connectivity index (χ3v) is 3.04. The van der Waals surface area contributed by atoms with Gasteiger partial charge in [0.2, 0.25) is 5.43 Å². The van der Waals surface area contributed by atoms with Crippen LogP contribution in [-0.4, -0.2) is 12.5 Å². The van der Waals surface area contributed by atoms with Gasteiger partial charge in [0.1, 0.15) is 11.0 Å². The van der Waals surface area contributed by atoms with E-state index in [0.29, 0.717) is 17.5 Å². The van der Waals surface area contributed by atoms with Gasteiger partial charge in [0.25, 0.3) is 5.91 Å². The largest absolute Gasteiger partial charge is 0.425 e. The molecule has 3 aromatic rings. The van der Waals surface area contributed by atoms with Crippen LogP contribution in [-0.2, 0) is 0 Å². The molecule has 0 saturated carbocycles. The standard InChI is InChI=1S/C15H13NO4/c1-2-7-16-14(18)12-8-10-13(17)9-5-3-4-6-11(9)19-15(10)20-12/h3-6,8H,2,7H2,1H3,(H,16,18). The van der Waals surface area contributed by atoms with E-state index in [1.165, 1.54) is 6.07 Å². The summed E-state index contributed by atoms with van der Waals surface area (Å²) in [6.45, 7) is 2.51. The maximum absolute atomic E-state index is 12.3. The fraction of sp³-hybridized carbons (Fsp3) is 0.200. The molecular weight excluding hydrogens is 258 g/mol. The Bertz CT molecular complexity index is 844. The SMILES string of the molecule is CCCNC(=O)c1cc2c(=O)c3ccccc3oc2o1. The number of fused-ring (bicyclic) bond motifs is 2. The van der Waals surface area contributed by atoms with Gasteiger partial charge >= 0.3 is 5.78 Å². The van der Waals surface area contributed by atoms with Crippen LogP contribution in [0.2, 0.25) is 0 Å². The van der Waals surface area contributed by atoms with Crippen LogP contribution in [0.25, 0.3) is 22.1 Å². The number of hydrogen-bond donors (Lipinski definition) is 1. The third kappa shape index (κ3) is 1.97. The average Bonchev–Trinajstić information content (AvgIpc) is 2.89. The molecule has 0 atom stereocenters. The van der Waals surface area contributed by atoms with Gasteiger partial charge in [-0.05, 0) is 18.6 Å². The minimum atomic E-state index is -0.346. The first kappa shape index (κ1) is 12.5. The topological polar surface area (TPSA) is 72.5 Å². The highest BCUT2D eigenvalue weighted by Crippen LogP contribution is 2.21. The van der Waals surface area contributed by atoms with E-state index in [2.05, 4.69) is 5.32 Å². The van der Waals surface area contributed by atoms with Crippen LogP contribution in [0, 0.1) is 0 Å². The van der Waals surface area contributed by atoms with E-state index < -0.39 is 0 Å². The molecule has 1 amide bonds. The van der Waals surface area contributed by atoms with Crippen molar-refractivity contribution in [3.05, 3.63) is 46.3 Å². The zero-order chi connectivity index (χ0) is 14.1. The van der Waals surface area contributed by atoms with Crippen molar-refractivity contribution in [3.8, 4) is 0 Å². The summed E-state index contributed by atoms with van der Waals surface area (Å²) in [5.74, 6) is -0.179. The summed E-state index contributed by atoms with van der Waals surface area (Å²) < 4.78 is 10.9. The predicted octanol–water partition coefficient (Wildman–Crippen LogP) is 2.68. The summed E-state index contributed by atoms with van der Waals surface area (Å²) in [5.41, 5.74) is 0.250. The van der Waals surface area contributed by atoms with Gasteiger partial charge in [-0.1, -0.05) is 19.1 Å². The van der Waals surface area contributed by atoms with Crippen molar-refractivity contribution in [1.29, 1.82) is 0 Å². The molecule has 0 spiro atoms. The smallest absolute Gasteiger partial charge is 0.302 e. The Morgan fingerprint density at radius 2 is 2.00 bits per heavy atom. The van der Waals surface area contributed by atoms with E-state index in [4.69, 9.17) is 8.83 Å². The second-order valence-electron chi connectivity index (χ2n) is 4.50. The summed E-state index contributed by atoms with van der Waals surface area (Å²) in [6.07, 6.45) is 0.826. The van der Waals surface area contributed by atoms with Crippen LogP contribution in [0.4, 0.5) is 0 Å². The van der Waals surface area contributed by atoms with E-state index in [1.807, 2.05) is 6.92 Å². The fourth-order valence-electron chi connectivity index (χ4n) is 2.03. The molecule has 20 heavy (non-hydrogen) atoms. The lowest BCUT2D eigenvalue weighted by Gasteiger charge is -1.98. The first-order valence-electron chi connectivity index (χ1n) is 6.44. The van der Waals surface area contributed by atoms with Crippen LogP contribution >= 0.6 is 0 Å². The number of carbonyl (C=O) groups is 1. The zero-order valence-corrected chi connectivity index (χ0v) is 10.9. The molecule has 102 valence electrons. The molecule has 1 aromatic carbocycles. The van der Waals surface area contributed by atoms with Gasteiger partial charge in [0.05, 0.1) is 5.39 Å². The lowest BCUT2D eigenvalue weighted by Crippen LogP contribution is -2.23. The number of nitrogens with one attached hydrogen (secondary N) is 1. The van der Waals surface area contributed by atoms with Crippen LogP contribution < -0.4 is 10.7 Å². The lowest BCUT2D eigenvalue weighted by atomic mass is 10.2. The normalized spacial score (nSPS) is 11.1. The summed E-state index contributed by atoms with van der Waals surface area (Å²) in [4.78, 5) is 24.1. The molecule has 0 aliphatic rings. The van der Waals surface area contributed by atoms with Gasteiger partial charge in [-0.25, -0.2) is 0 Å². The molecule has 0 radical (unpaired) electrons. The summed E-state index contributed by atoms with van der Waals surface area (Å²) >= 11 is 0. The van der Waals surface area contributed by atoms with Gasteiger partial charge in [0.15, 0.2) is 5.76 Å². The Labute approximate surface area is 114 Å². The number of amides is 1. The van der Waals surface area contributed by atoms with Crippen molar-refractivity contribution >= 4 is 28.0 Å². The van der Waals surface area contributed by atoms with Crippen LogP contribution in [0.5, 0.6) is 0 Å². The van der Waals surface area contributed by atoms with Gasteiger partial charge in [-0.2, -0.15) is 0 Å². The zero-order valence-electron chi connectivity index (χ0n) is 10.9. The van der Waals surface area contributed by atoms with Crippen LogP contribution in [0.15, 0.2) is 44.0 Å². The highest BCUT2D eigenvalue weighted by molar-refractivity contribution is 5.97. The molecule has 0 aliphatic carbocycles. The van der Waals surface area contributed by atoms with Crippen molar-refractivity contribution in [3.63, 3.8) is 0 Å². The maximum Gasteiger partial charge on any atom is 0.302 e. The second-order valence-corrected chi connectivity index (χ2v) is 4.50. The van der Waals surface area contributed by atoms with Crippen molar-refractivity contribution in [2.24, 2.45) is 0 Å². The first-order valence-corrected chi connectivity index (χ1v) is 6.44. The predicted molar refractivity (Wildman–Crippen MR) is 74.9 cm³/mol. The van der Waals surface area contributed by atoms with Crippen molar-refractivity contribution in [1.82, 2.24) is 5.32 Å². The molecule has 2 heterocycles. The third-order valence-electron chi connectivity index (χ3n) is 3.04. The van der Waals surface area contributed by atoms with E-state index in [0.717, 1.165) is 6.42 Å². The first-order chi connectivity index (χ1) is 9.70. The molecule has 3 rings (SSSR count). The maximum atomic E-state index is 12.3. The van der Waals surface area contributed by atoms with E-state index in [9.17, 15) is 9.59 Å². The highest BCUT2D eigenvalue weighted by atomic mass is 16.5. The molecule has 5 nitrogen and oxygen atoms in total. The van der Waals surface area contributed by atoms with Crippen LogP contribution in [0.1, 0.15) is 23.9 Å². The van der Waals surface area contributed by atoms with E-state index >= 15 is 0 Å². The Balaban J connectivity index is 2.16. The number of hydrogen-bond acceptors (Lipinski definition) is 4. The summed E-state index contributed by atoms with van der Waals surface area (Å²) in [6, 6.07) is 8.34. The monoisotopic (exact) mass is 271 g/mol. The number of furan rings is 1. The molecule has 2 aromatic heterocycles. The summed E-state index contributed by atoms with van der Waals surface area (Å²) in [5, 5.41) is 3.45. The minimum Gasteiger partial charge on any atom is -0.425 e. The quantitative estimate of drug-likeness (QED) is 0.794. The molecule has 0 aliphatic heterocycles. The fourth-order valence-corrected chi connectivity index (χ4v) is 2.03. The molecule has 0 saturated heterocycles. The molecule has 1 N–H and O–H groups in total. The number of rotatable bonds is 3. The Morgan fingerprint density at radius 3 is 2.80 bits per heavy atom. The molecule has 0 bridgehead atoms.